The molecule has 2 heteroatoms. The number of benzene rings is 12. The van der Waals surface area contributed by atoms with Gasteiger partial charge in [-0.25, -0.2) is 0 Å². The largest absolute Gasteiger partial charge is 0.455 e. The summed E-state index contributed by atoms with van der Waals surface area (Å²) in [6.45, 7) is 0. The van der Waals surface area contributed by atoms with Gasteiger partial charge in [-0.15, -0.1) is 0 Å². The second-order valence-corrected chi connectivity index (χ2v) is 17.6. The molecule has 0 saturated carbocycles. The van der Waals surface area contributed by atoms with Gasteiger partial charge < -0.3 is 9.32 Å². The summed E-state index contributed by atoms with van der Waals surface area (Å²) in [5.74, 6) is 0. The molecule has 13 rings (SSSR count). The maximum Gasteiger partial charge on any atom is 0.145 e. The highest BCUT2D eigenvalue weighted by molar-refractivity contribution is 6.18. The fourth-order valence-electron chi connectivity index (χ4n) is 10.4. The van der Waals surface area contributed by atoms with E-state index in [1.54, 1.807) is 0 Å². The average Bonchev–Trinajstić information content (AvgIpc) is 3.81. The first-order valence-corrected chi connectivity index (χ1v) is 23.3. The molecule has 1 aromatic heterocycles. The van der Waals surface area contributed by atoms with Crippen LogP contribution in [0.2, 0.25) is 0 Å². The van der Waals surface area contributed by atoms with Gasteiger partial charge in [0.2, 0.25) is 0 Å². The van der Waals surface area contributed by atoms with Gasteiger partial charge in [0.15, 0.2) is 0 Å². The zero-order valence-corrected chi connectivity index (χ0v) is 37.2. The molecule has 0 atom stereocenters. The monoisotopic (exact) mass is 865 g/mol. The van der Waals surface area contributed by atoms with Gasteiger partial charge >= 0.3 is 0 Å². The van der Waals surface area contributed by atoms with E-state index in [1.165, 1.54) is 71.3 Å². The van der Waals surface area contributed by atoms with Crippen molar-refractivity contribution in [2.45, 2.75) is 0 Å². The van der Waals surface area contributed by atoms with Crippen LogP contribution in [-0.4, -0.2) is 0 Å². The minimum atomic E-state index is 0.860. The topological polar surface area (TPSA) is 16.4 Å². The Hall–Kier alpha value is -8.98. The second kappa shape index (κ2) is 16.5. The molecule has 0 radical (unpaired) electrons. The molecule has 0 unspecified atom stereocenters. The lowest BCUT2D eigenvalue weighted by Gasteiger charge is -2.27. The number of furan rings is 1. The Bertz CT molecular complexity index is 4020. The van der Waals surface area contributed by atoms with Crippen LogP contribution in [0, 0.1) is 0 Å². The van der Waals surface area contributed by atoms with E-state index in [1.807, 2.05) is 0 Å². The molecule has 1 heterocycles. The first-order valence-electron chi connectivity index (χ1n) is 23.3. The van der Waals surface area contributed by atoms with Crippen molar-refractivity contribution in [3.05, 3.63) is 261 Å². The molecule has 68 heavy (non-hydrogen) atoms. The third kappa shape index (κ3) is 6.73. The van der Waals surface area contributed by atoms with Crippen molar-refractivity contribution in [1.82, 2.24) is 0 Å². The summed E-state index contributed by atoms with van der Waals surface area (Å²) in [6, 6.07) is 94.4. The molecular formula is C66H43NO. The molecule has 0 fully saturated rings. The minimum Gasteiger partial charge on any atom is -0.455 e. The first-order chi connectivity index (χ1) is 33.7. The van der Waals surface area contributed by atoms with Gasteiger partial charge in [-0.1, -0.05) is 212 Å². The molecular weight excluding hydrogens is 823 g/mol. The van der Waals surface area contributed by atoms with Gasteiger partial charge in [0.25, 0.3) is 0 Å². The fraction of sp³-hybridized carbons (Fsp3) is 0. The zero-order valence-electron chi connectivity index (χ0n) is 37.2. The quantitative estimate of drug-likeness (QED) is 0.151. The SMILES string of the molecule is c1ccc(-c2ccccc2-c2cccc3ccccc23)c(-c2ccc(N(c3ccc(-c4ccc5ccccc5c4)cc3)c3ccc(-c4cccc5ccccc45)c4oc5ccccc5c34)cc2)c1. The zero-order chi connectivity index (χ0) is 45.0. The van der Waals surface area contributed by atoms with Crippen molar-refractivity contribution in [2.24, 2.45) is 0 Å². The number of nitrogens with zero attached hydrogens (tertiary/aromatic N) is 1. The molecule has 0 N–H and O–H groups in total. The van der Waals surface area contributed by atoms with Crippen molar-refractivity contribution in [3.63, 3.8) is 0 Å². The normalized spacial score (nSPS) is 11.5. The van der Waals surface area contributed by atoms with Gasteiger partial charge in [0, 0.05) is 22.3 Å². The fourth-order valence-corrected chi connectivity index (χ4v) is 10.4. The standard InChI is InChI=1S/C66H43NO/c1-2-18-49-43-50(32-31-44(49)15-1)45-33-37-51(38-34-45)67(63-42-41-61(58-29-14-20-47-17-4-6-22-54(47)58)66-65(63)62-27-11-12-30-64(62)68-66)52-39-35-48(36-40-52)55-23-7-8-24-56(55)59-25-9-10-26-60(59)57-28-13-19-46-16-3-5-21-53(46)57/h1-43H. The van der Waals surface area contributed by atoms with Crippen molar-refractivity contribution in [3.8, 4) is 55.6 Å². The molecule has 0 bridgehead atoms. The van der Waals surface area contributed by atoms with Gasteiger partial charge in [-0.05, 0) is 131 Å². The third-order valence-corrected chi connectivity index (χ3v) is 13.7. The smallest absolute Gasteiger partial charge is 0.145 e. The lowest BCUT2D eigenvalue weighted by Crippen LogP contribution is -2.10. The van der Waals surface area contributed by atoms with Crippen molar-refractivity contribution in [2.75, 3.05) is 4.90 Å². The van der Waals surface area contributed by atoms with Crippen molar-refractivity contribution >= 4 is 71.3 Å². The van der Waals surface area contributed by atoms with E-state index in [-0.39, 0.29) is 0 Å². The number of rotatable bonds is 8. The van der Waals surface area contributed by atoms with Crippen LogP contribution in [0.5, 0.6) is 0 Å². The predicted octanol–water partition coefficient (Wildman–Crippen LogP) is 18.9. The summed E-state index contributed by atoms with van der Waals surface area (Å²) in [6.07, 6.45) is 0. The van der Waals surface area contributed by atoms with Gasteiger partial charge in [-0.3, -0.25) is 0 Å². The van der Waals surface area contributed by atoms with Crippen molar-refractivity contribution in [1.29, 1.82) is 0 Å². The van der Waals surface area contributed by atoms with E-state index in [2.05, 4.69) is 266 Å². The van der Waals surface area contributed by atoms with Gasteiger partial charge in [0.05, 0.1) is 11.1 Å². The molecule has 0 aliphatic heterocycles. The number of anilines is 3. The second-order valence-electron chi connectivity index (χ2n) is 17.6. The molecule has 13 aromatic rings. The summed E-state index contributed by atoms with van der Waals surface area (Å²) < 4.78 is 6.93. The summed E-state index contributed by atoms with van der Waals surface area (Å²) in [4.78, 5) is 2.40. The van der Waals surface area contributed by atoms with Crippen LogP contribution in [0.4, 0.5) is 17.1 Å². The highest BCUT2D eigenvalue weighted by Gasteiger charge is 2.23. The molecule has 2 nitrogen and oxygen atoms in total. The number of fused-ring (bicyclic) bond motifs is 6. The minimum absolute atomic E-state index is 0.860. The first kappa shape index (κ1) is 39.4. The molecule has 0 amide bonds. The Labute approximate surface area is 395 Å². The van der Waals surface area contributed by atoms with Crippen LogP contribution >= 0.6 is 0 Å². The predicted molar refractivity (Wildman–Crippen MR) is 288 cm³/mol. The molecule has 0 aliphatic carbocycles. The lowest BCUT2D eigenvalue weighted by atomic mass is 9.88. The van der Waals surface area contributed by atoms with Crippen LogP contribution in [0.1, 0.15) is 0 Å². The molecule has 0 saturated heterocycles. The molecule has 0 aliphatic rings. The number of para-hydroxylation sites is 1. The number of hydrogen-bond donors (Lipinski definition) is 0. The van der Waals surface area contributed by atoms with Crippen LogP contribution in [0.25, 0.3) is 110 Å². The maximum absolute atomic E-state index is 6.93. The molecule has 12 aromatic carbocycles. The molecule has 318 valence electrons. The summed E-state index contributed by atoms with van der Waals surface area (Å²) in [7, 11) is 0. The maximum atomic E-state index is 6.93. The Morgan fingerprint density at radius 3 is 1.38 bits per heavy atom. The Kier molecular flexibility index (Phi) is 9.54. The van der Waals surface area contributed by atoms with Crippen LogP contribution in [0.3, 0.4) is 0 Å². The van der Waals surface area contributed by atoms with Crippen LogP contribution in [0.15, 0.2) is 265 Å². The van der Waals surface area contributed by atoms with Gasteiger partial charge in [0.1, 0.15) is 11.2 Å². The highest BCUT2D eigenvalue weighted by Crippen LogP contribution is 2.48. The van der Waals surface area contributed by atoms with E-state index < -0.39 is 0 Å². The van der Waals surface area contributed by atoms with E-state index in [0.717, 1.165) is 55.7 Å². The molecule has 0 spiro atoms. The number of hydrogen-bond acceptors (Lipinski definition) is 2. The van der Waals surface area contributed by atoms with Crippen LogP contribution in [-0.2, 0) is 0 Å². The van der Waals surface area contributed by atoms with Crippen molar-refractivity contribution < 1.29 is 4.42 Å². The summed E-state index contributed by atoms with van der Waals surface area (Å²) in [5.41, 5.74) is 16.6. The van der Waals surface area contributed by atoms with E-state index in [9.17, 15) is 0 Å². The Balaban J connectivity index is 0.973. The third-order valence-electron chi connectivity index (χ3n) is 13.7. The summed E-state index contributed by atoms with van der Waals surface area (Å²) >= 11 is 0. The van der Waals surface area contributed by atoms with E-state index in [0.29, 0.717) is 0 Å². The lowest BCUT2D eigenvalue weighted by molar-refractivity contribution is 0.670. The Morgan fingerprint density at radius 2 is 0.721 bits per heavy atom. The highest BCUT2D eigenvalue weighted by atomic mass is 16.3. The van der Waals surface area contributed by atoms with Gasteiger partial charge in [-0.2, -0.15) is 0 Å². The van der Waals surface area contributed by atoms with E-state index in [4.69, 9.17) is 4.42 Å². The summed E-state index contributed by atoms with van der Waals surface area (Å²) in [5, 5.41) is 9.50. The average molecular weight is 866 g/mol. The Morgan fingerprint density at radius 1 is 0.265 bits per heavy atom. The van der Waals surface area contributed by atoms with Crippen LogP contribution < -0.4 is 4.90 Å². The van der Waals surface area contributed by atoms with E-state index >= 15 is 0 Å².